The molecule has 0 fully saturated rings. The second-order valence-electron chi connectivity index (χ2n) is 7.41. The zero-order chi connectivity index (χ0) is 24.6. The van der Waals surface area contributed by atoms with Crippen LogP contribution in [0.2, 0.25) is 10.0 Å². The molecule has 0 amide bonds. The van der Waals surface area contributed by atoms with Gasteiger partial charge in [0.2, 0.25) is 10.0 Å². The van der Waals surface area contributed by atoms with Gasteiger partial charge in [-0.3, -0.25) is 4.79 Å². The maximum Gasteiger partial charge on any atom is 0.379 e. The number of hydrogen-bond acceptors (Lipinski definition) is 5. The van der Waals surface area contributed by atoms with Crippen molar-refractivity contribution in [2.24, 2.45) is 0 Å². The van der Waals surface area contributed by atoms with Gasteiger partial charge in [-0.2, -0.15) is 0 Å². The van der Waals surface area contributed by atoms with E-state index in [2.05, 4.69) is 9.72 Å². The number of carbonyl (C=O) groups is 2. The summed E-state index contributed by atoms with van der Waals surface area (Å²) >= 11 is 12.5. The lowest BCUT2D eigenvalue weighted by Crippen LogP contribution is -2.25. The molecule has 0 aliphatic heterocycles. The van der Waals surface area contributed by atoms with Crippen molar-refractivity contribution >= 4 is 67.3 Å². The van der Waals surface area contributed by atoms with E-state index in [-0.39, 0.29) is 22.0 Å². The summed E-state index contributed by atoms with van der Waals surface area (Å²) < 4.78 is 31.3. The number of ketones is 1. The third-order valence-corrected chi connectivity index (χ3v) is 6.76. The highest BCUT2D eigenvalue weighted by Gasteiger charge is 2.28. The Morgan fingerprint density at radius 2 is 1.71 bits per heavy atom. The number of aromatic amines is 1. The lowest BCUT2D eigenvalue weighted by molar-refractivity contribution is -0.135. The summed E-state index contributed by atoms with van der Waals surface area (Å²) in [5.74, 6) is -1.85. The summed E-state index contributed by atoms with van der Waals surface area (Å²) in [5.41, 5.74) is 1.95. The number of benzene rings is 3. The number of H-pyrrole nitrogens is 1. The van der Waals surface area contributed by atoms with Gasteiger partial charge in [0.25, 0.3) is 5.78 Å². The highest BCUT2D eigenvalue weighted by molar-refractivity contribution is 7.92. The maximum absolute atomic E-state index is 12.9. The van der Waals surface area contributed by atoms with Gasteiger partial charge in [0.1, 0.15) is 0 Å². The van der Waals surface area contributed by atoms with E-state index in [0.717, 1.165) is 17.7 Å². The molecular formula is C24H18Cl2N2O5S. The van der Waals surface area contributed by atoms with Crippen LogP contribution in [0.3, 0.4) is 0 Å². The van der Waals surface area contributed by atoms with Crippen molar-refractivity contribution in [1.29, 1.82) is 0 Å². The minimum absolute atomic E-state index is 0.115. The number of halogens is 2. The van der Waals surface area contributed by atoms with Crippen LogP contribution < -0.4 is 4.31 Å². The number of fused-ring (bicyclic) bond motifs is 1. The summed E-state index contributed by atoms with van der Waals surface area (Å²) in [5, 5.41) is 1.03. The number of aromatic nitrogens is 1. The zero-order valence-electron chi connectivity index (χ0n) is 18.0. The van der Waals surface area contributed by atoms with Crippen molar-refractivity contribution in [3.05, 3.63) is 82.3 Å². The lowest BCUT2D eigenvalue weighted by atomic mass is 10.0. The summed E-state index contributed by atoms with van der Waals surface area (Å²) in [6.07, 6.45) is 1.05. The summed E-state index contributed by atoms with van der Waals surface area (Å²) in [6.45, 7) is 0. The monoisotopic (exact) mass is 516 g/mol. The Balaban J connectivity index is 1.97. The average Bonchev–Trinajstić information content (AvgIpc) is 3.18. The molecule has 0 spiro atoms. The number of ether oxygens (including phenoxy) is 1. The Morgan fingerprint density at radius 3 is 2.38 bits per heavy atom. The molecule has 4 rings (SSSR count). The number of anilines is 2. The molecule has 1 N–H and O–H groups in total. The van der Waals surface area contributed by atoms with Crippen LogP contribution >= 0.6 is 23.2 Å². The molecule has 174 valence electrons. The van der Waals surface area contributed by atoms with Crippen LogP contribution in [0, 0.1) is 0 Å². The fourth-order valence-corrected chi connectivity index (χ4v) is 5.17. The predicted molar refractivity (Wildman–Crippen MR) is 134 cm³/mol. The van der Waals surface area contributed by atoms with Crippen LogP contribution in [-0.2, 0) is 19.6 Å². The molecule has 0 saturated heterocycles. The third kappa shape index (κ3) is 4.40. The number of para-hydroxylation sites is 1. The number of sulfonamides is 1. The Bertz CT molecular complexity index is 1550. The largest absolute Gasteiger partial charge is 0.463 e. The summed E-state index contributed by atoms with van der Waals surface area (Å²) in [4.78, 5) is 28.2. The van der Waals surface area contributed by atoms with Gasteiger partial charge in [-0.1, -0.05) is 53.5 Å². The molecule has 0 bridgehead atoms. The van der Waals surface area contributed by atoms with Crippen LogP contribution in [0.4, 0.5) is 11.4 Å². The molecule has 4 aromatic rings. The number of hydrogen-bond donors (Lipinski definition) is 1. The molecule has 1 aromatic heterocycles. The molecule has 3 aromatic carbocycles. The zero-order valence-corrected chi connectivity index (χ0v) is 20.3. The minimum Gasteiger partial charge on any atom is -0.463 e. The predicted octanol–water partition coefficient (Wildman–Crippen LogP) is 5.60. The first-order valence-corrected chi connectivity index (χ1v) is 12.5. The second kappa shape index (κ2) is 9.13. The standard InChI is InChI=1S/C24H18Cl2N2O5S/c1-33-24(30)23(29)21-17-8-3-4-9-19(17)27-22(21)14-10-11-18(26)20(12-14)28(34(2,31)32)16-7-5-6-15(25)13-16/h3-13,27H,1-2H3. The average molecular weight is 517 g/mol. The second-order valence-corrected chi connectivity index (χ2v) is 10.1. The number of esters is 1. The van der Waals surface area contributed by atoms with Gasteiger partial charge in [0, 0.05) is 21.5 Å². The van der Waals surface area contributed by atoms with E-state index in [1.807, 2.05) is 0 Å². The first-order chi connectivity index (χ1) is 16.1. The van der Waals surface area contributed by atoms with E-state index >= 15 is 0 Å². The molecule has 0 unspecified atom stereocenters. The summed E-state index contributed by atoms with van der Waals surface area (Å²) in [6, 6.07) is 18.0. The number of Topliss-reactive ketones (excluding diaryl/α,β-unsaturated/α-hetero) is 1. The van der Waals surface area contributed by atoms with Crippen molar-refractivity contribution in [2.75, 3.05) is 17.7 Å². The molecule has 0 aliphatic carbocycles. The Labute approximate surface area is 205 Å². The molecule has 7 nitrogen and oxygen atoms in total. The molecular weight excluding hydrogens is 499 g/mol. The molecule has 1 heterocycles. The van der Waals surface area contributed by atoms with E-state index in [9.17, 15) is 18.0 Å². The Kier molecular flexibility index (Phi) is 6.40. The maximum atomic E-state index is 12.9. The molecule has 0 aliphatic rings. The molecule has 10 heteroatoms. The number of methoxy groups -OCH3 is 1. The van der Waals surface area contributed by atoms with Gasteiger partial charge in [-0.05, 0) is 36.4 Å². The van der Waals surface area contributed by atoms with E-state index in [4.69, 9.17) is 23.2 Å². The van der Waals surface area contributed by atoms with Gasteiger partial charge >= 0.3 is 5.97 Å². The SMILES string of the molecule is COC(=O)C(=O)c1c(-c2ccc(Cl)c(N(c3cccc(Cl)c3)S(C)(=O)=O)c2)[nH]c2ccccc12. The van der Waals surface area contributed by atoms with Crippen molar-refractivity contribution in [3.63, 3.8) is 0 Å². The van der Waals surface area contributed by atoms with Gasteiger partial charge in [-0.15, -0.1) is 0 Å². The molecule has 34 heavy (non-hydrogen) atoms. The minimum atomic E-state index is -3.84. The van der Waals surface area contributed by atoms with Crippen LogP contribution in [0.1, 0.15) is 10.4 Å². The molecule has 0 atom stereocenters. The van der Waals surface area contributed by atoms with Crippen LogP contribution in [-0.4, -0.2) is 38.5 Å². The van der Waals surface area contributed by atoms with Gasteiger partial charge in [-0.25, -0.2) is 17.5 Å². The highest BCUT2D eigenvalue weighted by Crippen LogP contribution is 2.39. The number of nitrogens with zero attached hydrogens (tertiary/aromatic N) is 1. The first-order valence-electron chi connectivity index (χ1n) is 9.91. The van der Waals surface area contributed by atoms with E-state index in [1.54, 1.807) is 48.5 Å². The number of nitrogens with one attached hydrogen (secondary N) is 1. The van der Waals surface area contributed by atoms with Crippen molar-refractivity contribution in [3.8, 4) is 11.3 Å². The van der Waals surface area contributed by atoms with E-state index in [0.29, 0.717) is 27.2 Å². The Hall–Kier alpha value is -3.33. The number of rotatable bonds is 6. The smallest absolute Gasteiger partial charge is 0.379 e. The van der Waals surface area contributed by atoms with Crippen molar-refractivity contribution < 1.29 is 22.7 Å². The Morgan fingerprint density at radius 1 is 0.971 bits per heavy atom. The first kappa shape index (κ1) is 23.8. The van der Waals surface area contributed by atoms with E-state index in [1.165, 1.54) is 18.2 Å². The topological polar surface area (TPSA) is 96.5 Å². The highest BCUT2D eigenvalue weighted by atomic mass is 35.5. The van der Waals surface area contributed by atoms with E-state index < -0.39 is 21.8 Å². The molecule has 0 radical (unpaired) electrons. The van der Waals surface area contributed by atoms with Crippen molar-refractivity contribution in [2.45, 2.75) is 0 Å². The van der Waals surface area contributed by atoms with Gasteiger partial charge < -0.3 is 9.72 Å². The fraction of sp³-hybridized carbons (Fsp3) is 0.0833. The quantitative estimate of drug-likeness (QED) is 0.204. The fourth-order valence-electron chi connectivity index (χ4n) is 3.72. The number of carbonyl (C=O) groups excluding carboxylic acids is 2. The normalized spacial score (nSPS) is 11.4. The lowest BCUT2D eigenvalue weighted by Gasteiger charge is -2.24. The van der Waals surface area contributed by atoms with Gasteiger partial charge in [0.05, 0.1) is 41.0 Å². The van der Waals surface area contributed by atoms with Crippen LogP contribution in [0.5, 0.6) is 0 Å². The molecule has 0 saturated carbocycles. The van der Waals surface area contributed by atoms with Crippen LogP contribution in [0.25, 0.3) is 22.2 Å². The third-order valence-electron chi connectivity index (χ3n) is 5.13. The summed E-state index contributed by atoms with van der Waals surface area (Å²) in [7, 11) is -2.71. The van der Waals surface area contributed by atoms with Crippen molar-refractivity contribution in [1.82, 2.24) is 4.98 Å². The van der Waals surface area contributed by atoms with Crippen LogP contribution in [0.15, 0.2) is 66.7 Å². The van der Waals surface area contributed by atoms with Gasteiger partial charge in [0.15, 0.2) is 0 Å².